The number of unbranched alkanes of at least 4 members (excludes halogenated alkanes) is 3. The molecule has 1 aliphatic heterocycles. The highest BCUT2D eigenvalue weighted by atomic mass is 32.1. The van der Waals surface area contributed by atoms with Crippen molar-refractivity contribution in [3.8, 4) is 11.5 Å². The summed E-state index contributed by atoms with van der Waals surface area (Å²) < 4.78 is 10.9. The minimum absolute atomic E-state index is 0.129. The van der Waals surface area contributed by atoms with Crippen molar-refractivity contribution in [1.29, 1.82) is 0 Å². The Morgan fingerprint density at radius 1 is 1.26 bits per heavy atom. The molecular weight excluding hydrogens is 310 g/mol. The number of amides is 1. The molecule has 0 N–H and O–H groups in total. The van der Waals surface area contributed by atoms with Gasteiger partial charge in [0.1, 0.15) is 0 Å². The van der Waals surface area contributed by atoms with Crippen molar-refractivity contribution in [1.82, 2.24) is 0 Å². The number of carbonyl (C=O) groups is 1. The topological polar surface area (TPSA) is 35.5 Å². The molecule has 4 nitrogen and oxygen atoms in total. The van der Waals surface area contributed by atoms with Gasteiger partial charge in [-0.3, -0.25) is 0 Å². The first-order valence-electron chi connectivity index (χ1n) is 8.26. The van der Waals surface area contributed by atoms with Crippen LogP contribution in [0.4, 0.5) is 4.79 Å². The van der Waals surface area contributed by atoms with Gasteiger partial charge >= 0.3 is 6.09 Å². The maximum atomic E-state index is 11.7. The first-order valence-corrected chi connectivity index (χ1v) is 8.84. The summed E-state index contributed by atoms with van der Waals surface area (Å²) >= 11 is 4.77. The molecule has 5 heteroatoms. The maximum Gasteiger partial charge on any atom is 0.520 e. The van der Waals surface area contributed by atoms with Gasteiger partial charge in [-0.05, 0) is 6.07 Å². The minimum atomic E-state index is -0.302. The van der Waals surface area contributed by atoms with E-state index in [0.29, 0.717) is 18.1 Å². The lowest BCUT2D eigenvalue weighted by atomic mass is 10.1. The van der Waals surface area contributed by atoms with Crippen molar-refractivity contribution in [3.63, 3.8) is 0 Å². The SMILES string of the molecule is CCCCCC[S-].C[N+](C)(C)C(=O)Oc1cccc2c1OCC2. The fraction of sp³-hybridized carbons (Fsp3) is 0.611. The van der Waals surface area contributed by atoms with Gasteiger partial charge in [-0.25, -0.2) is 4.48 Å². The van der Waals surface area contributed by atoms with Crippen molar-refractivity contribution in [2.24, 2.45) is 0 Å². The number of fused-ring (bicyclic) bond motifs is 1. The number of hydrogen-bond acceptors (Lipinski definition) is 4. The van der Waals surface area contributed by atoms with Crippen LogP contribution in [0.15, 0.2) is 18.2 Å². The van der Waals surface area contributed by atoms with Gasteiger partial charge in [0.2, 0.25) is 0 Å². The average molecular weight is 340 g/mol. The third-order valence-corrected chi connectivity index (χ3v) is 3.71. The predicted molar refractivity (Wildman–Crippen MR) is 96.1 cm³/mol. The van der Waals surface area contributed by atoms with E-state index < -0.39 is 0 Å². The third kappa shape index (κ3) is 6.83. The van der Waals surface area contributed by atoms with Crippen LogP contribution in [-0.4, -0.2) is 44.1 Å². The summed E-state index contributed by atoms with van der Waals surface area (Å²) in [6.07, 6.45) is 5.82. The van der Waals surface area contributed by atoms with E-state index in [-0.39, 0.29) is 10.6 Å². The Labute approximate surface area is 145 Å². The number of nitrogens with zero attached hydrogens (tertiary/aromatic N) is 1. The Hall–Kier alpha value is -1.20. The molecule has 2 rings (SSSR count). The first-order chi connectivity index (χ1) is 10.9. The van der Waals surface area contributed by atoms with Crippen LogP contribution in [-0.2, 0) is 19.0 Å². The van der Waals surface area contributed by atoms with Gasteiger partial charge in [0.05, 0.1) is 27.7 Å². The summed E-state index contributed by atoms with van der Waals surface area (Å²) in [5, 5.41) is 0. The van der Waals surface area contributed by atoms with Gasteiger partial charge < -0.3 is 22.1 Å². The number of ether oxygens (including phenoxy) is 2. The van der Waals surface area contributed by atoms with Crippen molar-refractivity contribution in [3.05, 3.63) is 23.8 Å². The quantitative estimate of drug-likeness (QED) is 0.462. The van der Waals surface area contributed by atoms with Crippen molar-refractivity contribution < 1.29 is 18.8 Å². The third-order valence-electron chi connectivity index (χ3n) is 3.42. The molecular formula is C18H29NO3S. The summed E-state index contributed by atoms with van der Waals surface area (Å²) in [4.78, 5) is 11.7. The smallest absolute Gasteiger partial charge is 0.520 e. The van der Waals surface area contributed by atoms with Gasteiger partial charge in [0.15, 0.2) is 11.5 Å². The average Bonchev–Trinajstić information content (AvgIpc) is 2.97. The Morgan fingerprint density at radius 2 is 2.00 bits per heavy atom. The zero-order valence-corrected chi connectivity index (χ0v) is 15.6. The molecule has 0 fully saturated rings. The Kier molecular flexibility index (Phi) is 8.48. The van der Waals surface area contributed by atoms with Crippen molar-refractivity contribution in [2.75, 3.05) is 33.5 Å². The van der Waals surface area contributed by atoms with Crippen LogP contribution in [0, 0.1) is 0 Å². The van der Waals surface area contributed by atoms with Crippen LogP contribution in [0.25, 0.3) is 0 Å². The number of carbonyl (C=O) groups excluding carboxylic acids is 1. The second-order valence-electron chi connectivity index (χ2n) is 6.49. The monoisotopic (exact) mass is 339 g/mol. The van der Waals surface area contributed by atoms with E-state index in [1.54, 1.807) is 27.2 Å². The molecule has 0 spiro atoms. The van der Waals surface area contributed by atoms with Gasteiger partial charge in [0, 0.05) is 12.0 Å². The Bertz CT molecular complexity index is 494. The predicted octanol–water partition coefficient (Wildman–Crippen LogP) is 3.94. The molecule has 0 aliphatic carbocycles. The molecule has 0 atom stereocenters. The molecule has 130 valence electrons. The van der Waals surface area contributed by atoms with E-state index in [4.69, 9.17) is 22.1 Å². The molecule has 23 heavy (non-hydrogen) atoms. The first kappa shape index (κ1) is 19.8. The summed E-state index contributed by atoms with van der Waals surface area (Å²) in [6.45, 7) is 2.87. The van der Waals surface area contributed by atoms with Crippen LogP contribution >= 0.6 is 0 Å². The molecule has 0 saturated heterocycles. The van der Waals surface area contributed by atoms with E-state index >= 15 is 0 Å². The molecule has 0 bridgehead atoms. The number of benzene rings is 1. The molecule has 1 aliphatic rings. The summed E-state index contributed by atoms with van der Waals surface area (Å²) in [6, 6.07) is 5.63. The van der Waals surface area contributed by atoms with Crippen LogP contribution in [0.5, 0.6) is 11.5 Å². The van der Waals surface area contributed by atoms with Crippen LogP contribution in [0.1, 0.15) is 38.2 Å². The van der Waals surface area contributed by atoms with Crippen LogP contribution in [0.3, 0.4) is 0 Å². The Morgan fingerprint density at radius 3 is 2.61 bits per heavy atom. The fourth-order valence-corrected chi connectivity index (χ4v) is 2.23. The lowest BCUT2D eigenvalue weighted by molar-refractivity contribution is -0.793. The van der Waals surface area contributed by atoms with Crippen LogP contribution in [0.2, 0.25) is 0 Å². The van der Waals surface area contributed by atoms with E-state index in [1.807, 2.05) is 12.1 Å². The highest BCUT2D eigenvalue weighted by molar-refractivity contribution is 7.58. The van der Waals surface area contributed by atoms with Crippen molar-refractivity contribution in [2.45, 2.75) is 39.0 Å². The van der Waals surface area contributed by atoms with E-state index in [0.717, 1.165) is 17.7 Å². The van der Waals surface area contributed by atoms with Gasteiger partial charge in [-0.15, -0.1) is 0 Å². The van der Waals surface area contributed by atoms with Gasteiger partial charge in [-0.2, -0.15) is 10.5 Å². The zero-order valence-electron chi connectivity index (χ0n) is 14.8. The molecule has 1 heterocycles. The number of rotatable bonds is 5. The summed E-state index contributed by atoms with van der Waals surface area (Å²) in [5.41, 5.74) is 1.10. The number of quaternary nitrogens is 1. The van der Waals surface area contributed by atoms with E-state index in [1.165, 1.54) is 25.7 Å². The van der Waals surface area contributed by atoms with E-state index in [2.05, 4.69) is 6.92 Å². The lowest BCUT2D eigenvalue weighted by Gasteiger charge is -2.19. The highest BCUT2D eigenvalue weighted by Crippen LogP contribution is 2.35. The molecule has 1 aromatic rings. The molecule has 0 radical (unpaired) electrons. The number of hydrogen-bond donors (Lipinski definition) is 0. The second-order valence-corrected chi connectivity index (χ2v) is 6.90. The normalized spacial score (nSPS) is 12.7. The van der Waals surface area contributed by atoms with Gasteiger partial charge in [-0.1, -0.05) is 44.7 Å². The fourth-order valence-electron chi connectivity index (χ4n) is 2.03. The highest BCUT2D eigenvalue weighted by Gasteiger charge is 2.26. The lowest BCUT2D eigenvalue weighted by Crippen LogP contribution is -2.43. The molecule has 0 unspecified atom stereocenters. The Balaban J connectivity index is 0.000000322. The number of para-hydroxylation sites is 1. The standard InChI is InChI=1S/C12H16NO3.C6H14S/c1-13(2,3)12(14)16-10-6-4-5-9-7-8-15-11(9)10;1-2-3-4-5-6-7/h4-6H,7-8H2,1-3H3;7H,2-6H2,1H3/q+1;/p-1. The van der Waals surface area contributed by atoms with Crippen LogP contribution < -0.4 is 9.47 Å². The largest absolute Gasteiger partial charge is 0.793 e. The molecule has 0 aromatic heterocycles. The second kappa shape index (κ2) is 9.83. The molecule has 0 saturated carbocycles. The zero-order chi connectivity index (χ0) is 17.3. The van der Waals surface area contributed by atoms with Gasteiger partial charge in [0.25, 0.3) is 0 Å². The molecule has 1 amide bonds. The van der Waals surface area contributed by atoms with E-state index in [9.17, 15) is 4.79 Å². The minimum Gasteiger partial charge on any atom is -0.793 e. The maximum absolute atomic E-state index is 11.7. The summed E-state index contributed by atoms with van der Waals surface area (Å²) in [7, 11) is 5.31. The molecule has 1 aromatic carbocycles. The summed E-state index contributed by atoms with van der Waals surface area (Å²) in [5.74, 6) is 2.18. The van der Waals surface area contributed by atoms with Crippen molar-refractivity contribution >= 4 is 18.7 Å².